The minimum Gasteiger partial charge on any atom is -0.454 e. The Morgan fingerprint density at radius 2 is 1.57 bits per heavy atom. The number of nitrogens with zero attached hydrogens (tertiary/aromatic N) is 1. The van der Waals surface area contributed by atoms with Gasteiger partial charge in [0.1, 0.15) is 11.8 Å². The fourth-order valence-electron chi connectivity index (χ4n) is 2.84. The summed E-state index contributed by atoms with van der Waals surface area (Å²) < 4.78 is 33.3. The molecule has 8 nitrogen and oxygen atoms in total. The number of fused-ring (bicyclic) bond motifs is 1. The van der Waals surface area contributed by atoms with E-state index in [1.807, 2.05) is 0 Å². The molecular formula is C20H16F2N2O6. The van der Waals surface area contributed by atoms with E-state index < -0.39 is 43.0 Å². The van der Waals surface area contributed by atoms with Crippen LogP contribution in [0.2, 0.25) is 0 Å². The number of nitrogens with one attached hydrogen (secondary N) is 1. The lowest BCUT2D eigenvalue weighted by molar-refractivity contribution is -0.150. The average Bonchev–Trinajstić information content (AvgIpc) is 2.97. The van der Waals surface area contributed by atoms with Crippen molar-refractivity contribution in [2.75, 3.05) is 11.9 Å². The number of imide groups is 1. The Bertz CT molecular complexity index is 958. The number of amides is 3. The zero-order valence-electron chi connectivity index (χ0n) is 15.6. The van der Waals surface area contributed by atoms with E-state index in [1.165, 1.54) is 43.3 Å². The van der Waals surface area contributed by atoms with Crippen molar-refractivity contribution in [1.82, 2.24) is 4.90 Å². The first kappa shape index (κ1) is 20.9. The fraction of sp³-hybridized carbons (Fsp3) is 0.200. The monoisotopic (exact) mass is 418 g/mol. The molecule has 0 fully saturated rings. The second kappa shape index (κ2) is 8.68. The van der Waals surface area contributed by atoms with Gasteiger partial charge in [-0.05, 0) is 43.3 Å². The molecule has 0 unspecified atom stereocenters. The minimum absolute atomic E-state index is 0.0794. The lowest BCUT2D eigenvalue weighted by atomic mass is 10.1. The van der Waals surface area contributed by atoms with Crippen LogP contribution in [0.25, 0.3) is 0 Å². The first-order valence-electron chi connectivity index (χ1n) is 8.76. The molecule has 0 aliphatic carbocycles. The van der Waals surface area contributed by atoms with Gasteiger partial charge in [0.25, 0.3) is 17.7 Å². The van der Waals surface area contributed by atoms with E-state index in [1.54, 1.807) is 12.1 Å². The lowest BCUT2D eigenvalue weighted by Gasteiger charge is -2.20. The highest BCUT2D eigenvalue weighted by Gasteiger charge is 2.41. The number of hydrogen-bond donors (Lipinski definition) is 1. The van der Waals surface area contributed by atoms with Gasteiger partial charge in [-0.1, -0.05) is 12.1 Å². The number of carbonyl (C=O) groups excluding carboxylic acids is 4. The van der Waals surface area contributed by atoms with E-state index in [9.17, 15) is 28.0 Å². The number of alkyl halides is 2. The van der Waals surface area contributed by atoms with Crippen molar-refractivity contribution >= 4 is 29.4 Å². The maximum Gasteiger partial charge on any atom is 0.387 e. The van der Waals surface area contributed by atoms with Gasteiger partial charge in [0.15, 0.2) is 6.61 Å². The smallest absolute Gasteiger partial charge is 0.387 e. The lowest BCUT2D eigenvalue weighted by Crippen LogP contribution is -2.44. The van der Waals surface area contributed by atoms with Gasteiger partial charge < -0.3 is 14.8 Å². The first-order valence-corrected chi connectivity index (χ1v) is 8.76. The van der Waals surface area contributed by atoms with E-state index in [4.69, 9.17) is 4.74 Å². The molecule has 3 rings (SSSR count). The number of carbonyl (C=O) groups is 4. The number of esters is 1. The van der Waals surface area contributed by atoms with Crippen LogP contribution in [0, 0.1) is 0 Å². The van der Waals surface area contributed by atoms with Gasteiger partial charge in [0.05, 0.1) is 11.1 Å². The molecule has 2 aromatic rings. The highest BCUT2D eigenvalue weighted by Crippen LogP contribution is 2.24. The third-order valence-corrected chi connectivity index (χ3v) is 4.26. The summed E-state index contributed by atoms with van der Waals surface area (Å²) in [6.45, 7) is -2.31. The van der Waals surface area contributed by atoms with Crippen LogP contribution in [0.15, 0.2) is 48.5 Å². The van der Waals surface area contributed by atoms with Crippen LogP contribution in [0.5, 0.6) is 5.75 Å². The van der Waals surface area contributed by atoms with Gasteiger partial charge in [0, 0.05) is 5.69 Å². The molecule has 1 aliphatic heterocycles. The zero-order chi connectivity index (χ0) is 21.8. The predicted octanol–water partition coefficient (Wildman–Crippen LogP) is 2.45. The van der Waals surface area contributed by atoms with Crippen molar-refractivity contribution in [1.29, 1.82) is 0 Å². The molecule has 1 atom stereocenters. The number of benzene rings is 2. The number of hydrogen-bond acceptors (Lipinski definition) is 6. The van der Waals surface area contributed by atoms with Crippen molar-refractivity contribution in [3.8, 4) is 5.75 Å². The van der Waals surface area contributed by atoms with Gasteiger partial charge in [-0.25, -0.2) is 4.79 Å². The molecule has 0 saturated heterocycles. The Hall–Kier alpha value is -3.82. The Morgan fingerprint density at radius 3 is 2.10 bits per heavy atom. The summed E-state index contributed by atoms with van der Waals surface area (Å²) in [5.41, 5.74) is 0.657. The maximum absolute atomic E-state index is 12.4. The Balaban J connectivity index is 1.53. The summed E-state index contributed by atoms with van der Waals surface area (Å²) in [6, 6.07) is 10.1. The number of anilines is 1. The van der Waals surface area contributed by atoms with Gasteiger partial charge in [-0.2, -0.15) is 8.78 Å². The quantitative estimate of drug-likeness (QED) is 0.548. The molecule has 0 bridgehead atoms. The predicted molar refractivity (Wildman–Crippen MR) is 99.1 cm³/mol. The van der Waals surface area contributed by atoms with E-state index in [2.05, 4.69) is 10.1 Å². The van der Waals surface area contributed by atoms with E-state index in [-0.39, 0.29) is 22.6 Å². The second-order valence-corrected chi connectivity index (χ2v) is 6.26. The molecule has 1 aliphatic rings. The number of halogens is 2. The van der Waals surface area contributed by atoms with Crippen molar-refractivity contribution in [3.05, 3.63) is 59.7 Å². The largest absolute Gasteiger partial charge is 0.454 e. The number of rotatable bonds is 7. The van der Waals surface area contributed by atoms with Gasteiger partial charge in [-0.15, -0.1) is 0 Å². The molecule has 1 heterocycles. The summed E-state index contributed by atoms with van der Waals surface area (Å²) in [4.78, 5) is 49.7. The summed E-state index contributed by atoms with van der Waals surface area (Å²) in [5, 5.41) is 2.41. The highest BCUT2D eigenvalue weighted by atomic mass is 19.3. The summed E-state index contributed by atoms with van der Waals surface area (Å²) >= 11 is 0. The summed E-state index contributed by atoms with van der Waals surface area (Å²) in [7, 11) is 0. The average molecular weight is 418 g/mol. The first-order chi connectivity index (χ1) is 14.3. The van der Waals surface area contributed by atoms with Gasteiger partial charge >= 0.3 is 12.6 Å². The molecule has 10 heteroatoms. The van der Waals surface area contributed by atoms with Crippen molar-refractivity contribution < 1.29 is 37.4 Å². The van der Waals surface area contributed by atoms with E-state index in [0.717, 1.165) is 4.90 Å². The van der Waals surface area contributed by atoms with E-state index >= 15 is 0 Å². The Labute approximate surface area is 169 Å². The maximum atomic E-state index is 12.4. The topological polar surface area (TPSA) is 102 Å². The number of ether oxygens (including phenoxy) is 2. The summed E-state index contributed by atoms with van der Waals surface area (Å²) in [6.07, 6.45) is 0. The van der Waals surface area contributed by atoms with Crippen molar-refractivity contribution in [3.63, 3.8) is 0 Å². The normalized spacial score (nSPS) is 13.8. The standard InChI is InChI=1S/C20H16F2N2O6/c1-11(24-17(26)14-4-2-3-5-15(14)18(24)27)19(28)29-10-16(25)23-12-6-8-13(9-7-12)30-20(21)22/h2-9,11,20H,10H2,1H3,(H,23,25)/t11-/m1/s1. The van der Waals surface area contributed by atoms with Crippen LogP contribution in [0.4, 0.5) is 14.5 Å². The van der Waals surface area contributed by atoms with E-state index in [0.29, 0.717) is 0 Å². The van der Waals surface area contributed by atoms with Crippen LogP contribution < -0.4 is 10.1 Å². The molecular weight excluding hydrogens is 402 g/mol. The molecule has 3 amide bonds. The molecule has 0 spiro atoms. The SMILES string of the molecule is C[C@H](C(=O)OCC(=O)Nc1ccc(OC(F)F)cc1)N1C(=O)c2ccccc2C1=O. The minimum atomic E-state index is -2.96. The molecule has 156 valence electrons. The zero-order valence-corrected chi connectivity index (χ0v) is 15.6. The van der Waals surface area contributed by atoms with Crippen LogP contribution in [0.1, 0.15) is 27.6 Å². The summed E-state index contributed by atoms with van der Waals surface area (Å²) in [5.74, 6) is -2.93. The Kier molecular flexibility index (Phi) is 6.05. The molecule has 30 heavy (non-hydrogen) atoms. The Morgan fingerprint density at radius 1 is 1.00 bits per heavy atom. The third-order valence-electron chi connectivity index (χ3n) is 4.26. The molecule has 0 aromatic heterocycles. The van der Waals surface area contributed by atoms with Gasteiger partial charge in [0.2, 0.25) is 0 Å². The van der Waals surface area contributed by atoms with Crippen LogP contribution in [-0.2, 0) is 14.3 Å². The van der Waals surface area contributed by atoms with Gasteiger partial charge in [-0.3, -0.25) is 19.3 Å². The third kappa shape index (κ3) is 4.43. The molecule has 2 aromatic carbocycles. The van der Waals surface area contributed by atoms with Crippen LogP contribution in [-0.4, -0.2) is 47.9 Å². The fourth-order valence-corrected chi connectivity index (χ4v) is 2.84. The van der Waals surface area contributed by atoms with Crippen LogP contribution >= 0.6 is 0 Å². The van der Waals surface area contributed by atoms with Crippen molar-refractivity contribution in [2.24, 2.45) is 0 Å². The molecule has 1 N–H and O–H groups in total. The second-order valence-electron chi connectivity index (χ2n) is 6.26. The molecule has 0 saturated carbocycles. The molecule has 0 radical (unpaired) electrons. The highest BCUT2D eigenvalue weighted by molar-refractivity contribution is 6.22. The van der Waals surface area contributed by atoms with Crippen LogP contribution in [0.3, 0.4) is 0 Å². The van der Waals surface area contributed by atoms with Crippen molar-refractivity contribution in [2.45, 2.75) is 19.6 Å².